The van der Waals surface area contributed by atoms with Crippen molar-refractivity contribution in [3.05, 3.63) is 84.3 Å². The Morgan fingerprint density at radius 3 is 2.73 bits per heavy atom. The van der Waals surface area contributed by atoms with Gasteiger partial charge in [0.2, 0.25) is 5.91 Å². The lowest BCUT2D eigenvalue weighted by molar-refractivity contribution is -0.116. The number of rotatable bonds is 5. The second-order valence-corrected chi connectivity index (χ2v) is 6.34. The molecular formula is C21H20N4O. The Bertz CT molecular complexity index is 1050. The van der Waals surface area contributed by atoms with Crippen molar-refractivity contribution in [2.45, 2.75) is 20.0 Å². The smallest absolute Gasteiger partial charge is 0.244 e. The van der Waals surface area contributed by atoms with Gasteiger partial charge in [-0.25, -0.2) is 0 Å². The molecular weight excluding hydrogens is 324 g/mol. The molecule has 0 aliphatic heterocycles. The van der Waals surface area contributed by atoms with Crippen molar-refractivity contribution < 1.29 is 4.79 Å². The van der Waals surface area contributed by atoms with E-state index in [1.165, 1.54) is 0 Å². The van der Waals surface area contributed by atoms with E-state index in [1.54, 1.807) is 6.20 Å². The Morgan fingerprint density at radius 2 is 1.88 bits per heavy atom. The summed E-state index contributed by atoms with van der Waals surface area (Å²) in [6, 6.07) is 19.9. The summed E-state index contributed by atoms with van der Waals surface area (Å²) in [6.07, 6.45) is 3.66. The van der Waals surface area contributed by atoms with Crippen LogP contribution in [0.3, 0.4) is 0 Å². The summed E-state index contributed by atoms with van der Waals surface area (Å²) in [5, 5.41) is 8.44. The summed E-state index contributed by atoms with van der Waals surface area (Å²) in [5.74, 6) is -0.0395. The molecule has 2 aromatic carbocycles. The molecule has 0 atom stereocenters. The van der Waals surface area contributed by atoms with Crippen LogP contribution in [0, 0.1) is 6.92 Å². The summed E-state index contributed by atoms with van der Waals surface area (Å²) < 4.78 is 3.88. The monoisotopic (exact) mass is 344 g/mol. The first-order valence-electron chi connectivity index (χ1n) is 8.61. The number of carbonyl (C=O) groups is 1. The Kier molecular flexibility index (Phi) is 4.27. The molecule has 0 bridgehead atoms. The van der Waals surface area contributed by atoms with E-state index in [-0.39, 0.29) is 12.5 Å². The SMILES string of the molecule is Cc1cc2ccccc2n1CC(=O)Nc1ccccc1Cn1cccn1. The van der Waals surface area contributed by atoms with Crippen molar-refractivity contribution in [2.75, 3.05) is 5.32 Å². The van der Waals surface area contributed by atoms with Gasteiger partial charge in [-0.2, -0.15) is 5.10 Å². The maximum absolute atomic E-state index is 12.7. The van der Waals surface area contributed by atoms with Crippen LogP contribution in [0.15, 0.2) is 73.1 Å². The van der Waals surface area contributed by atoms with Gasteiger partial charge in [-0.1, -0.05) is 36.4 Å². The highest BCUT2D eigenvalue weighted by molar-refractivity contribution is 5.93. The normalized spacial score (nSPS) is 11.0. The van der Waals surface area contributed by atoms with Crippen LogP contribution in [0.5, 0.6) is 0 Å². The molecule has 130 valence electrons. The Hall–Kier alpha value is -3.34. The number of para-hydroxylation sites is 2. The number of hydrogen-bond acceptors (Lipinski definition) is 2. The summed E-state index contributed by atoms with van der Waals surface area (Å²) in [5.41, 5.74) is 4.00. The number of amides is 1. The summed E-state index contributed by atoms with van der Waals surface area (Å²) >= 11 is 0. The van der Waals surface area contributed by atoms with Gasteiger partial charge in [-0.3, -0.25) is 9.48 Å². The van der Waals surface area contributed by atoms with E-state index in [0.717, 1.165) is 27.8 Å². The van der Waals surface area contributed by atoms with E-state index < -0.39 is 0 Å². The molecule has 0 fully saturated rings. The third-order valence-electron chi connectivity index (χ3n) is 4.50. The van der Waals surface area contributed by atoms with Crippen LogP contribution in [0.4, 0.5) is 5.69 Å². The quantitative estimate of drug-likeness (QED) is 0.598. The van der Waals surface area contributed by atoms with Gasteiger partial charge in [0.15, 0.2) is 0 Å². The predicted octanol–water partition coefficient (Wildman–Crippen LogP) is 3.83. The molecule has 0 aliphatic carbocycles. The maximum atomic E-state index is 12.7. The fourth-order valence-corrected chi connectivity index (χ4v) is 3.24. The second kappa shape index (κ2) is 6.88. The van der Waals surface area contributed by atoms with E-state index in [4.69, 9.17) is 0 Å². The van der Waals surface area contributed by atoms with Crippen molar-refractivity contribution in [3.8, 4) is 0 Å². The summed E-state index contributed by atoms with van der Waals surface area (Å²) in [6.45, 7) is 2.93. The summed E-state index contributed by atoms with van der Waals surface area (Å²) in [7, 11) is 0. The van der Waals surface area contributed by atoms with Gasteiger partial charge in [-0.05, 0) is 42.1 Å². The highest BCUT2D eigenvalue weighted by Gasteiger charge is 2.11. The molecule has 1 amide bonds. The van der Waals surface area contributed by atoms with Gasteiger partial charge in [0.1, 0.15) is 6.54 Å². The number of benzene rings is 2. The third-order valence-corrected chi connectivity index (χ3v) is 4.50. The zero-order valence-corrected chi connectivity index (χ0v) is 14.6. The number of fused-ring (bicyclic) bond motifs is 1. The van der Waals surface area contributed by atoms with Crippen LogP contribution in [0.25, 0.3) is 10.9 Å². The second-order valence-electron chi connectivity index (χ2n) is 6.34. The number of hydrogen-bond donors (Lipinski definition) is 1. The zero-order valence-electron chi connectivity index (χ0n) is 14.6. The highest BCUT2D eigenvalue weighted by Crippen LogP contribution is 2.20. The molecule has 4 aromatic rings. The number of aryl methyl sites for hydroxylation is 1. The van der Waals surface area contributed by atoms with E-state index in [0.29, 0.717) is 6.54 Å². The lowest BCUT2D eigenvalue weighted by atomic mass is 10.1. The first-order chi connectivity index (χ1) is 12.7. The van der Waals surface area contributed by atoms with Crippen LogP contribution < -0.4 is 5.32 Å². The number of anilines is 1. The zero-order chi connectivity index (χ0) is 17.9. The van der Waals surface area contributed by atoms with Crippen molar-refractivity contribution in [2.24, 2.45) is 0 Å². The van der Waals surface area contributed by atoms with Gasteiger partial charge < -0.3 is 9.88 Å². The lowest BCUT2D eigenvalue weighted by Crippen LogP contribution is -2.20. The summed E-state index contributed by atoms with van der Waals surface area (Å²) in [4.78, 5) is 12.7. The Morgan fingerprint density at radius 1 is 1.08 bits per heavy atom. The minimum absolute atomic E-state index is 0.0395. The highest BCUT2D eigenvalue weighted by atomic mass is 16.1. The first-order valence-corrected chi connectivity index (χ1v) is 8.61. The largest absolute Gasteiger partial charge is 0.335 e. The molecule has 5 heteroatoms. The van der Waals surface area contributed by atoms with Crippen molar-refractivity contribution in [1.82, 2.24) is 14.3 Å². The van der Waals surface area contributed by atoms with Crippen LogP contribution >= 0.6 is 0 Å². The van der Waals surface area contributed by atoms with Gasteiger partial charge in [0.25, 0.3) is 0 Å². The number of nitrogens with one attached hydrogen (secondary N) is 1. The van der Waals surface area contributed by atoms with Crippen LogP contribution in [-0.4, -0.2) is 20.3 Å². The van der Waals surface area contributed by atoms with Crippen LogP contribution in [0.1, 0.15) is 11.3 Å². The number of nitrogens with zero attached hydrogens (tertiary/aromatic N) is 3. The molecule has 0 saturated heterocycles. The molecule has 0 unspecified atom stereocenters. The fraction of sp³-hybridized carbons (Fsp3) is 0.143. The van der Waals surface area contributed by atoms with E-state index in [9.17, 15) is 4.79 Å². The lowest BCUT2D eigenvalue weighted by Gasteiger charge is -2.13. The van der Waals surface area contributed by atoms with E-state index >= 15 is 0 Å². The maximum Gasteiger partial charge on any atom is 0.244 e. The van der Waals surface area contributed by atoms with Gasteiger partial charge in [0, 0.05) is 29.3 Å². The third kappa shape index (κ3) is 3.24. The van der Waals surface area contributed by atoms with Crippen LogP contribution in [-0.2, 0) is 17.9 Å². The minimum Gasteiger partial charge on any atom is -0.335 e. The standard InChI is InChI=1S/C21H20N4O/c1-16-13-17-7-3-5-10-20(17)25(16)15-21(26)23-19-9-4-2-8-18(19)14-24-12-6-11-22-24/h2-13H,14-15H2,1H3,(H,23,26). The first kappa shape index (κ1) is 16.1. The molecule has 26 heavy (non-hydrogen) atoms. The molecule has 2 heterocycles. The van der Waals surface area contributed by atoms with Crippen molar-refractivity contribution >= 4 is 22.5 Å². The van der Waals surface area contributed by atoms with E-state index in [2.05, 4.69) is 22.5 Å². The van der Waals surface area contributed by atoms with Crippen LogP contribution in [0.2, 0.25) is 0 Å². The minimum atomic E-state index is -0.0395. The molecule has 0 saturated carbocycles. The number of aromatic nitrogens is 3. The predicted molar refractivity (Wildman–Crippen MR) is 103 cm³/mol. The van der Waals surface area contributed by atoms with Gasteiger partial charge in [-0.15, -0.1) is 0 Å². The van der Waals surface area contributed by atoms with Crippen molar-refractivity contribution in [1.29, 1.82) is 0 Å². The molecule has 0 spiro atoms. The number of carbonyl (C=O) groups excluding carboxylic acids is 1. The molecule has 4 rings (SSSR count). The Balaban J connectivity index is 1.54. The van der Waals surface area contributed by atoms with Gasteiger partial charge in [0.05, 0.1) is 6.54 Å². The van der Waals surface area contributed by atoms with E-state index in [1.807, 2.05) is 70.9 Å². The molecule has 0 aliphatic rings. The molecule has 1 N–H and O–H groups in total. The Labute approximate surface area is 151 Å². The topological polar surface area (TPSA) is 51.9 Å². The van der Waals surface area contributed by atoms with Gasteiger partial charge >= 0.3 is 0 Å². The molecule has 0 radical (unpaired) electrons. The molecule has 5 nitrogen and oxygen atoms in total. The average Bonchev–Trinajstić information content (AvgIpc) is 3.25. The average molecular weight is 344 g/mol. The fourth-order valence-electron chi connectivity index (χ4n) is 3.24. The molecule has 2 aromatic heterocycles. The van der Waals surface area contributed by atoms with Crippen molar-refractivity contribution in [3.63, 3.8) is 0 Å².